The summed E-state index contributed by atoms with van der Waals surface area (Å²) < 4.78 is 0. The Balaban J connectivity index is 0. The van der Waals surface area contributed by atoms with E-state index in [0.717, 1.165) is 0 Å². The van der Waals surface area contributed by atoms with E-state index in [0.29, 0.717) is 0 Å². The molecule has 0 saturated carbocycles. The van der Waals surface area contributed by atoms with Crippen molar-refractivity contribution in [3.63, 3.8) is 0 Å². The van der Waals surface area contributed by atoms with Crippen LogP contribution >= 0.6 is 0 Å². The van der Waals surface area contributed by atoms with Gasteiger partial charge in [-0.25, -0.2) is 0 Å². The van der Waals surface area contributed by atoms with Crippen LogP contribution in [0, 0.1) is 41.3 Å². The largest absolute Gasteiger partial charge is 3.00 e. The smallest absolute Gasteiger partial charge is 2.00 e. The number of hydrogen-bond donors (Lipinski definition) is 0. The quantitative estimate of drug-likeness (QED) is 0.565. The van der Waals surface area contributed by atoms with Crippen LogP contribution in [0.4, 0.5) is 0 Å². The van der Waals surface area contributed by atoms with Gasteiger partial charge in [-0.3, -0.25) is 0 Å². The maximum atomic E-state index is 0. The van der Waals surface area contributed by atoms with E-state index in [1.807, 2.05) is 0 Å². The summed E-state index contributed by atoms with van der Waals surface area (Å²) in [5.41, 5.74) is 0. The Morgan fingerprint density at radius 2 is 0.600 bits per heavy atom. The van der Waals surface area contributed by atoms with Crippen molar-refractivity contribution in [2.75, 3.05) is 0 Å². The molecule has 0 unspecified atom stereocenters. The average Bonchev–Trinajstić information content (AvgIpc) is 0. The van der Waals surface area contributed by atoms with Crippen LogP contribution in [0.2, 0.25) is 0 Å². The predicted octanol–water partition coefficient (Wildman–Crippen LogP) is -0.737. The van der Waals surface area contributed by atoms with Gasteiger partial charge in [-0.15, -0.1) is 0 Å². The van der Waals surface area contributed by atoms with Crippen LogP contribution in [0.15, 0.2) is 0 Å². The van der Waals surface area contributed by atoms with Crippen LogP contribution in [0.5, 0.6) is 0 Å². The second-order valence-electron chi connectivity index (χ2n) is 0. The molecule has 0 radical (unpaired) electrons. The second kappa shape index (κ2) is 35.8. The number of rotatable bonds is 0. The molecule has 0 fully saturated rings. The van der Waals surface area contributed by atoms with Crippen LogP contribution in [-0.4, -0.2) is 25.8 Å². The molecule has 24 valence electrons. The summed E-state index contributed by atoms with van der Waals surface area (Å²) in [4.78, 5) is 0. The van der Waals surface area contributed by atoms with E-state index in [2.05, 4.69) is 0 Å². The third-order valence-corrected chi connectivity index (χ3v) is 0. The van der Waals surface area contributed by atoms with Gasteiger partial charge >= 0.3 is 67.1 Å². The van der Waals surface area contributed by atoms with Gasteiger partial charge in [0, 0.05) is 0 Å². The molecule has 0 aromatic carbocycles. The predicted molar refractivity (Wildman–Crippen MR) is 7.81 cm³/mol. The molecule has 0 N–H and O–H groups in total. The first-order valence-corrected chi connectivity index (χ1v) is 0. The Morgan fingerprint density at radius 1 is 0.600 bits per heavy atom. The minimum absolute atomic E-state index is 0. The molecule has 0 saturated heterocycles. The van der Waals surface area contributed by atoms with Crippen molar-refractivity contribution in [2.24, 2.45) is 0 Å². The van der Waals surface area contributed by atoms with Gasteiger partial charge in [0.25, 0.3) is 0 Å². The van der Waals surface area contributed by atoms with E-state index in [4.69, 9.17) is 0 Å². The normalized spacial score (nSPS) is 0. The zero-order chi connectivity index (χ0) is 0. The molecule has 0 aliphatic heterocycles. The Labute approximate surface area is 82.2 Å². The van der Waals surface area contributed by atoms with Gasteiger partial charge < -0.3 is 16.4 Å². The Morgan fingerprint density at radius 3 is 0.600 bits per heavy atom. The number of hydrogen-bond acceptors (Lipinski definition) is 0. The van der Waals surface area contributed by atoms with Gasteiger partial charge in [0.15, 0.2) is 0 Å². The van der Waals surface area contributed by atoms with E-state index in [1.54, 1.807) is 0 Å². The summed E-state index contributed by atoms with van der Waals surface area (Å²) in [5.74, 6) is 0. The molecule has 0 aliphatic carbocycles. The Kier molecular flexibility index (Phi) is 426. The Bertz CT molecular complexity index is 6.85. The van der Waals surface area contributed by atoms with Gasteiger partial charge in [0.1, 0.15) is 0 Å². The van der Waals surface area contributed by atoms with Crippen LogP contribution in [-0.2, 0) is 16.4 Å². The zero-order valence-corrected chi connectivity index (χ0v) is 9.38. The van der Waals surface area contributed by atoms with Gasteiger partial charge in [-0.05, 0) is 0 Å². The molecule has 0 atom stereocenters. The van der Waals surface area contributed by atoms with Crippen LogP contribution < -0.4 is 0 Å². The monoisotopic (exact) mass is 304 g/mol. The zero-order valence-electron chi connectivity index (χ0n) is 2.38. The standard InChI is InChI=1S/In.3O.Pr/q+3;3*-2;+3. The van der Waals surface area contributed by atoms with Crippen LogP contribution in [0.3, 0.4) is 0 Å². The summed E-state index contributed by atoms with van der Waals surface area (Å²) in [6.45, 7) is 0. The van der Waals surface area contributed by atoms with Crippen LogP contribution in [0.1, 0.15) is 0 Å². The van der Waals surface area contributed by atoms with Crippen molar-refractivity contribution in [3.05, 3.63) is 0 Å². The fourth-order valence-electron chi connectivity index (χ4n) is 0. The van der Waals surface area contributed by atoms with E-state index in [9.17, 15) is 0 Å². The first-order valence-electron chi connectivity index (χ1n) is 0. The molecule has 5 heteroatoms. The second-order valence-corrected chi connectivity index (χ2v) is 0. The SMILES string of the molecule is [In+3].[O-2].[O-2].[O-2].[Pr+3]. The molecule has 0 heterocycles. The molecule has 0 rings (SSSR count). The minimum atomic E-state index is 0. The average molecular weight is 304 g/mol. The Hall–Kier alpha value is 2.11. The molecule has 0 amide bonds. The molecule has 0 aromatic heterocycles. The third-order valence-electron chi connectivity index (χ3n) is 0. The fourth-order valence-corrected chi connectivity index (χ4v) is 0. The minimum Gasteiger partial charge on any atom is -2.00 e. The summed E-state index contributed by atoms with van der Waals surface area (Å²) in [6, 6.07) is 0. The van der Waals surface area contributed by atoms with E-state index >= 15 is 0 Å². The first kappa shape index (κ1) is 59.5. The van der Waals surface area contributed by atoms with Crippen molar-refractivity contribution in [1.29, 1.82) is 0 Å². The topological polar surface area (TPSA) is 85.5 Å². The van der Waals surface area contributed by atoms with Crippen LogP contribution in [0.25, 0.3) is 0 Å². The summed E-state index contributed by atoms with van der Waals surface area (Å²) in [6.07, 6.45) is 0. The molecule has 0 bridgehead atoms. The molecule has 0 spiro atoms. The van der Waals surface area contributed by atoms with Gasteiger partial charge in [-0.1, -0.05) is 0 Å². The molecule has 0 aliphatic rings. The summed E-state index contributed by atoms with van der Waals surface area (Å²) in [5, 5.41) is 0. The molecular formula is InO3Pr. The summed E-state index contributed by atoms with van der Waals surface area (Å²) in [7, 11) is 0. The van der Waals surface area contributed by atoms with Crippen molar-refractivity contribution in [3.8, 4) is 0 Å². The van der Waals surface area contributed by atoms with Gasteiger partial charge in [-0.2, -0.15) is 0 Å². The maximum absolute atomic E-state index is 0. The van der Waals surface area contributed by atoms with E-state index < -0.39 is 0 Å². The van der Waals surface area contributed by atoms with Crippen molar-refractivity contribution >= 4 is 25.8 Å². The fraction of sp³-hybridized carbons (Fsp3) is 0. The summed E-state index contributed by atoms with van der Waals surface area (Å²) >= 11 is 0. The molecule has 5 heavy (non-hydrogen) atoms. The van der Waals surface area contributed by atoms with Crippen molar-refractivity contribution < 1.29 is 57.7 Å². The van der Waals surface area contributed by atoms with E-state index in [1.165, 1.54) is 0 Å². The van der Waals surface area contributed by atoms with E-state index in [-0.39, 0.29) is 83.6 Å². The van der Waals surface area contributed by atoms with Crippen molar-refractivity contribution in [2.45, 2.75) is 0 Å². The third kappa shape index (κ3) is 23.2. The molecular weight excluding hydrogens is 304 g/mol. The molecule has 3 nitrogen and oxygen atoms in total. The maximum Gasteiger partial charge on any atom is 3.00 e. The van der Waals surface area contributed by atoms with Crippen molar-refractivity contribution in [1.82, 2.24) is 0 Å². The van der Waals surface area contributed by atoms with Gasteiger partial charge in [0.2, 0.25) is 0 Å². The first-order chi connectivity index (χ1) is 0. The van der Waals surface area contributed by atoms with Gasteiger partial charge in [0.05, 0.1) is 0 Å². The molecule has 0 aromatic rings.